The van der Waals surface area contributed by atoms with Gasteiger partial charge in [0.25, 0.3) is 0 Å². The molecule has 2 aliphatic heterocycles. The van der Waals surface area contributed by atoms with Crippen LogP contribution >= 0.6 is 0 Å². The molecule has 0 aromatic heterocycles. The van der Waals surface area contributed by atoms with Crippen LogP contribution in [0.15, 0.2) is 53.6 Å². The molecule has 0 saturated carbocycles. The molecule has 0 amide bonds. The Morgan fingerprint density at radius 2 is 1.86 bits per heavy atom. The third-order valence-corrected chi connectivity index (χ3v) is 6.21. The minimum atomic E-state index is 0.277. The van der Waals surface area contributed by atoms with E-state index in [4.69, 9.17) is 4.74 Å². The molecule has 2 heterocycles. The van der Waals surface area contributed by atoms with Crippen LogP contribution in [0.1, 0.15) is 70.8 Å². The van der Waals surface area contributed by atoms with Crippen molar-refractivity contribution in [1.29, 1.82) is 0 Å². The molecule has 0 N–H and O–H groups in total. The van der Waals surface area contributed by atoms with Crippen LogP contribution in [0.25, 0.3) is 0 Å². The van der Waals surface area contributed by atoms with E-state index >= 15 is 0 Å². The van der Waals surface area contributed by atoms with E-state index in [1.807, 2.05) is 0 Å². The summed E-state index contributed by atoms with van der Waals surface area (Å²) in [6.07, 6.45) is 16.0. The maximum atomic E-state index is 6.45. The number of nitrogens with zero attached hydrogens (tertiary/aromatic N) is 1. The number of hydrogen-bond donors (Lipinski definition) is 0. The molecule has 1 aromatic rings. The Bertz CT molecular complexity index is 633. The largest absolute Gasteiger partial charge is 0.363 e. The van der Waals surface area contributed by atoms with Crippen molar-refractivity contribution in [3.63, 3.8) is 0 Å². The lowest BCUT2D eigenvalue weighted by Crippen LogP contribution is -2.39. The first-order valence-corrected chi connectivity index (χ1v) is 11.5. The molecule has 2 atom stereocenters. The second-order valence-corrected chi connectivity index (χ2v) is 8.74. The average Bonchev–Trinajstić information content (AvgIpc) is 2.84. The highest BCUT2D eigenvalue weighted by Gasteiger charge is 2.23. The minimum Gasteiger partial charge on any atom is -0.363 e. The normalized spacial score (nSPS) is 21.4. The number of unbranched alkanes of at least 4 members (excludes halogenated alkanes) is 1. The molecule has 0 fully saturated rings. The monoisotopic (exact) mass is 381 g/mol. The van der Waals surface area contributed by atoms with Gasteiger partial charge in [0.15, 0.2) is 0 Å². The predicted octanol–water partition coefficient (Wildman–Crippen LogP) is 6.53. The summed E-state index contributed by atoms with van der Waals surface area (Å²) in [6, 6.07) is 10.9. The predicted molar refractivity (Wildman–Crippen MR) is 119 cm³/mol. The van der Waals surface area contributed by atoms with Crippen LogP contribution < -0.4 is 0 Å². The minimum absolute atomic E-state index is 0.277. The van der Waals surface area contributed by atoms with Gasteiger partial charge in [-0.2, -0.15) is 0 Å². The maximum absolute atomic E-state index is 6.45. The van der Waals surface area contributed by atoms with Crippen LogP contribution in [-0.4, -0.2) is 30.8 Å². The third kappa shape index (κ3) is 6.90. The summed E-state index contributed by atoms with van der Waals surface area (Å²) in [5, 5.41) is 0. The summed E-state index contributed by atoms with van der Waals surface area (Å²) in [5.74, 6) is 0.747. The SMILES string of the molecule is CCCN1CCC2=CCC(=CC2)CC1OCCCCC(C)Cc1ccccc1. The number of fused-ring (bicyclic) bond motifs is 6. The van der Waals surface area contributed by atoms with E-state index in [1.54, 1.807) is 11.1 Å². The maximum Gasteiger partial charge on any atom is 0.114 e. The Labute approximate surface area is 172 Å². The molecule has 4 rings (SSSR count). The number of allylic oxidation sites excluding steroid dienone is 2. The molecule has 3 aliphatic rings. The van der Waals surface area contributed by atoms with Crippen molar-refractivity contribution < 1.29 is 4.74 Å². The van der Waals surface area contributed by atoms with Crippen LogP contribution in [0.5, 0.6) is 0 Å². The van der Waals surface area contributed by atoms with E-state index < -0.39 is 0 Å². The van der Waals surface area contributed by atoms with Crippen molar-refractivity contribution >= 4 is 0 Å². The quantitative estimate of drug-likeness (QED) is 0.337. The lowest BCUT2D eigenvalue weighted by atomic mass is 9.96. The van der Waals surface area contributed by atoms with Gasteiger partial charge in [-0.05, 0) is 50.0 Å². The third-order valence-electron chi connectivity index (χ3n) is 6.21. The van der Waals surface area contributed by atoms with Crippen LogP contribution in [0.4, 0.5) is 0 Å². The first-order chi connectivity index (χ1) is 13.7. The highest BCUT2D eigenvalue weighted by atomic mass is 16.5. The highest BCUT2D eigenvalue weighted by Crippen LogP contribution is 2.28. The molecule has 1 aliphatic carbocycles. The van der Waals surface area contributed by atoms with E-state index in [1.165, 1.54) is 50.5 Å². The molecular weight excluding hydrogens is 342 g/mol. The van der Waals surface area contributed by atoms with Gasteiger partial charge in [0.05, 0.1) is 0 Å². The van der Waals surface area contributed by atoms with Crippen molar-refractivity contribution in [3.05, 3.63) is 59.2 Å². The van der Waals surface area contributed by atoms with Gasteiger partial charge in [0.2, 0.25) is 0 Å². The van der Waals surface area contributed by atoms with E-state index in [9.17, 15) is 0 Å². The fourth-order valence-corrected chi connectivity index (χ4v) is 4.51. The summed E-state index contributed by atoms with van der Waals surface area (Å²) < 4.78 is 6.45. The summed E-state index contributed by atoms with van der Waals surface area (Å²) in [4.78, 5) is 2.59. The summed E-state index contributed by atoms with van der Waals surface area (Å²) in [5.41, 5.74) is 4.66. The molecule has 2 nitrogen and oxygen atoms in total. The summed E-state index contributed by atoms with van der Waals surface area (Å²) in [7, 11) is 0. The number of ether oxygens (including phenoxy) is 1. The van der Waals surface area contributed by atoms with E-state index in [-0.39, 0.29) is 6.23 Å². The second-order valence-electron chi connectivity index (χ2n) is 8.74. The van der Waals surface area contributed by atoms with Gasteiger partial charge >= 0.3 is 0 Å². The van der Waals surface area contributed by atoms with Crippen LogP contribution in [0.3, 0.4) is 0 Å². The zero-order chi connectivity index (χ0) is 19.6. The molecule has 154 valence electrons. The molecule has 2 heteroatoms. The van der Waals surface area contributed by atoms with E-state index in [2.05, 4.69) is 61.2 Å². The van der Waals surface area contributed by atoms with Crippen molar-refractivity contribution in [2.24, 2.45) is 5.92 Å². The van der Waals surface area contributed by atoms with Crippen molar-refractivity contribution in [1.82, 2.24) is 4.90 Å². The van der Waals surface area contributed by atoms with Crippen LogP contribution in [-0.2, 0) is 11.2 Å². The van der Waals surface area contributed by atoms with Gasteiger partial charge in [-0.15, -0.1) is 0 Å². The van der Waals surface area contributed by atoms with Crippen molar-refractivity contribution in [2.75, 3.05) is 19.7 Å². The first-order valence-electron chi connectivity index (χ1n) is 11.5. The lowest BCUT2D eigenvalue weighted by molar-refractivity contribution is -0.0596. The molecular formula is C26H39NO. The molecule has 0 saturated heterocycles. The molecule has 0 spiro atoms. The number of rotatable bonds is 10. The smallest absolute Gasteiger partial charge is 0.114 e. The fraction of sp³-hybridized carbons (Fsp3) is 0.615. The van der Waals surface area contributed by atoms with Gasteiger partial charge in [-0.25, -0.2) is 0 Å². The standard InChI is InChI=1S/C26H39NO/c1-3-17-27-18-16-23-12-14-25(15-13-23)21-26(27)28-19-8-7-9-22(2)20-24-10-5-4-6-11-24/h4-6,10-12,15,22,26H,3,7-9,13-14,16-21H2,1-2H3. The number of benzene rings is 1. The molecule has 2 unspecified atom stereocenters. The lowest BCUT2D eigenvalue weighted by Gasteiger charge is -2.31. The molecule has 0 radical (unpaired) electrons. The molecule has 1 aromatic carbocycles. The Kier molecular flexibility index (Phi) is 8.82. The summed E-state index contributed by atoms with van der Waals surface area (Å²) >= 11 is 0. The average molecular weight is 382 g/mol. The number of hydrogen-bond acceptors (Lipinski definition) is 2. The Morgan fingerprint density at radius 1 is 1.07 bits per heavy atom. The Balaban J connectivity index is 1.40. The van der Waals surface area contributed by atoms with E-state index in [0.29, 0.717) is 0 Å². The zero-order valence-corrected chi connectivity index (χ0v) is 18.0. The van der Waals surface area contributed by atoms with Gasteiger partial charge < -0.3 is 4.74 Å². The fourth-order valence-electron chi connectivity index (χ4n) is 4.51. The Hall–Kier alpha value is -1.38. The van der Waals surface area contributed by atoms with Crippen LogP contribution in [0, 0.1) is 5.92 Å². The highest BCUT2D eigenvalue weighted by molar-refractivity contribution is 5.23. The molecule has 2 bridgehead atoms. The summed E-state index contributed by atoms with van der Waals surface area (Å²) in [6.45, 7) is 7.87. The molecule has 28 heavy (non-hydrogen) atoms. The topological polar surface area (TPSA) is 12.5 Å². The van der Waals surface area contributed by atoms with Gasteiger partial charge in [-0.1, -0.05) is 80.3 Å². The second kappa shape index (κ2) is 11.6. The zero-order valence-electron chi connectivity index (χ0n) is 18.0. The van der Waals surface area contributed by atoms with Crippen molar-refractivity contribution in [3.8, 4) is 0 Å². The van der Waals surface area contributed by atoms with Crippen LogP contribution in [0.2, 0.25) is 0 Å². The van der Waals surface area contributed by atoms with Gasteiger partial charge in [0.1, 0.15) is 6.23 Å². The van der Waals surface area contributed by atoms with Gasteiger partial charge in [-0.3, -0.25) is 4.90 Å². The first kappa shape index (κ1) is 21.3. The van der Waals surface area contributed by atoms with Crippen molar-refractivity contribution in [2.45, 2.75) is 77.9 Å². The van der Waals surface area contributed by atoms with E-state index in [0.717, 1.165) is 38.5 Å². The van der Waals surface area contributed by atoms with Gasteiger partial charge in [0, 0.05) is 26.1 Å². The Morgan fingerprint density at radius 3 is 2.61 bits per heavy atom.